The van der Waals surface area contributed by atoms with Gasteiger partial charge in [0.05, 0.1) is 11.7 Å². The van der Waals surface area contributed by atoms with E-state index in [0.717, 1.165) is 18.7 Å². The molecule has 12 heavy (non-hydrogen) atoms. The Kier molecular flexibility index (Phi) is 1.94. The van der Waals surface area contributed by atoms with Gasteiger partial charge in [0.1, 0.15) is 5.78 Å². The number of hydrogen-bond acceptors (Lipinski definition) is 4. The molecule has 0 saturated carbocycles. The second-order valence-corrected chi connectivity index (χ2v) is 3.80. The van der Waals surface area contributed by atoms with Gasteiger partial charge in [-0.15, -0.1) is 11.3 Å². The summed E-state index contributed by atoms with van der Waals surface area (Å²) in [6.07, 6.45) is 0.727. The molecule has 63 valence electrons. The number of Topliss-reactive ketones (excluding diaryl/α,β-unsaturated/α-hetero) is 1. The van der Waals surface area contributed by atoms with Gasteiger partial charge in [-0.2, -0.15) is 0 Å². The van der Waals surface area contributed by atoms with E-state index in [1.165, 1.54) is 16.2 Å². The van der Waals surface area contributed by atoms with Gasteiger partial charge in [0, 0.05) is 17.8 Å². The number of nitrogens with one attached hydrogen (secondary N) is 1. The number of rotatable bonds is 1. The number of carbonyl (C=O) groups is 1. The second-order valence-electron chi connectivity index (χ2n) is 2.92. The van der Waals surface area contributed by atoms with Gasteiger partial charge in [0.25, 0.3) is 0 Å². The summed E-state index contributed by atoms with van der Waals surface area (Å²) in [5, 5.41) is 3.16. The van der Waals surface area contributed by atoms with Gasteiger partial charge in [-0.05, 0) is 6.92 Å². The highest BCUT2D eigenvalue weighted by atomic mass is 32.1. The highest BCUT2D eigenvalue weighted by molar-refractivity contribution is 7.09. The Balaban J connectivity index is 2.20. The Morgan fingerprint density at radius 3 is 3.42 bits per heavy atom. The average molecular weight is 181 g/mol. The van der Waals surface area contributed by atoms with Gasteiger partial charge in [0.2, 0.25) is 0 Å². The fourth-order valence-electron chi connectivity index (χ4n) is 1.32. The van der Waals surface area contributed by atoms with Crippen LogP contribution in [-0.2, 0) is 17.8 Å². The molecule has 1 unspecified atom stereocenters. The highest BCUT2D eigenvalue weighted by Gasteiger charge is 2.22. The Morgan fingerprint density at radius 2 is 2.67 bits per heavy atom. The fraction of sp³-hybridized carbons (Fsp3) is 0.500. The van der Waals surface area contributed by atoms with E-state index in [2.05, 4.69) is 15.8 Å². The third-order valence-corrected chi connectivity index (χ3v) is 2.88. The molecule has 0 fully saturated rings. The van der Waals surface area contributed by atoms with E-state index < -0.39 is 0 Å². The van der Waals surface area contributed by atoms with Crippen molar-refractivity contribution < 1.29 is 4.79 Å². The standard InChI is InChI=1S/C8H9N2OS/c1-5(11)6-2-7-8(3-9-6)12-4-10-7/h6,9H,2-3H2,1H3. The molecule has 0 aromatic carbocycles. The first-order chi connectivity index (χ1) is 5.77. The van der Waals surface area contributed by atoms with Crippen molar-refractivity contribution in [2.24, 2.45) is 0 Å². The van der Waals surface area contributed by atoms with Crippen molar-refractivity contribution in [3.8, 4) is 0 Å². The van der Waals surface area contributed by atoms with Gasteiger partial charge in [-0.1, -0.05) is 0 Å². The summed E-state index contributed by atoms with van der Waals surface area (Å²) < 4.78 is 0. The third kappa shape index (κ3) is 1.28. The lowest BCUT2D eigenvalue weighted by atomic mass is 10.0. The van der Waals surface area contributed by atoms with Crippen LogP contribution in [0.15, 0.2) is 0 Å². The van der Waals surface area contributed by atoms with E-state index >= 15 is 0 Å². The third-order valence-electron chi connectivity index (χ3n) is 2.07. The van der Waals surface area contributed by atoms with Crippen LogP contribution in [0, 0.1) is 5.51 Å². The Labute approximate surface area is 74.8 Å². The number of fused-ring (bicyclic) bond motifs is 1. The molecule has 2 rings (SSSR count). The van der Waals surface area contributed by atoms with Gasteiger partial charge >= 0.3 is 0 Å². The van der Waals surface area contributed by atoms with Crippen molar-refractivity contribution in [1.82, 2.24) is 10.3 Å². The van der Waals surface area contributed by atoms with Gasteiger partial charge < -0.3 is 5.32 Å². The summed E-state index contributed by atoms with van der Waals surface area (Å²) in [6, 6.07) is -0.0343. The lowest BCUT2D eigenvalue weighted by Gasteiger charge is -2.19. The molecule has 0 aliphatic carbocycles. The lowest BCUT2D eigenvalue weighted by Crippen LogP contribution is -2.40. The quantitative estimate of drug-likeness (QED) is 0.688. The number of thiazole rings is 1. The van der Waals surface area contributed by atoms with Crippen molar-refractivity contribution in [2.75, 3.05) is 0 Å². The van der Waals surface area contributed by atoms with Crippen molar-refractivity contribution in [2.45, 2.75) is 25.9 Å². The van der Waals surface area contributed by atoms with Crippen LogP contribution in [0.5, 0.6) is 0 Å². The van der Waals surface area contributed by atoms with E-state index in [0.29, 0.717) is 0 Å². The first kappa shape index (κ1) is 7.89. The highest BCUT2D eigenvalue weighted by Crippen LogP contribution is 2.18. The van der Waals surface area contributed by atoms with Crippen LogP contribution in [0.25, 0.3) is 0 Å². The topological polar surface area (TPSA) is 42.0 Å². The van der Waals surface area contributed by atoms with Crippen LogP contribution in [-0.4, -0.2) is 16.8 Å². The molecule has 3 nitrogen and oxygen atoms in total. The van der Waals surface area contributed by atoms with E-state index in [1.807, 2.05) is 0 Å². The monoisotopic (exact) mass is 181 g/mol. The van der Waals surface area contributed by atoms with Crippen LogP contribution in [0.4, 0.5) is 0 Å². The van der Waals surface area contributed by atoms with Crippen LogP contribution in [0.3, 0.4) is 0 Å². The summed E-state index contributed by atoms with van der Waals surface area (Å²) in [4.78, 5) is 16.3. The molecule has 0 spiro atoms. The fourth-order valence-corrected chi connectivity index (χ4v) is 1.99. The predicted octanol–water partition coefficient (Wildman–Crippen LogP) is 0.547. The van der Waals surface area contributed by atoms with E-state index in [-0.39, 0.29) is 11.8 Å². The summed E-state index contributed by atoms with van der Waals surface area (Å²) >= 11 is 1.53. The Bertz CT molecular complexity index is 308. The SMILES string of the molecule is CC(=O)C1Cc2n[c]sc2CN1. The molecular formula is C8H9N2OS. The van der Waals surface area contributed by atoms with Crippen molar-refractivity contribution >= 4 is 17.1 Å². The summed E-state index contributed by atoms with van der Waals surface area (Å²) in [5.74, 6) is 0.189. The number of aromatic nitrogens is 1. The minimum atomic E-state index is -0.0343. The molecule has 0 saturated heterocycles. The van der Waals surface area contributed by atoms with Crippen molar-refractivity contribution in [3.05, 3.63) is 16.1 Å². The molecule has 0 amide bonds. The molecule has 4 heteroatoms. The predicted molar refractivity (Wildman–Crippen MR) is 46.0 cm³/mol. The normalized spacial score (nSPS) is 21.9. The Hall–Kier alpha value is -0.740. The summed E-state index contributed by atoms with van der Waals surface area (Å²) in [5.41, 5.74) is 3.88. The zero-order chi connectivity index (χ0) is 8.55. The minimum Gasteiger partial charge on any atom is -0.302 e. The molecular weight excluding hydrogens is 172 g/mol. The number of carbonyl (C=O) groups excluding carboxylic acids is 1. The number of nitrogens with zero attached hydrogens (tertiary/aromatic N) is 1. The molecule has 1 aliphatic rings. The molecule has 0 bridgehead atoms. The second kappa shape index (κ2) is 2.95. The Morgan fingerprint density at radius 1 is 1.83 bits per heavy atom. The molecule has 1 aromatic rings. The van der Waals surface area contributed by atoms with Crippen LogP contribution in [0.1, 0.15) is 17.5 Å². The largest absolute Gasteiger partial charge is 0.302 e. The minimum absolute atomic E-state index is 0.0343. The smallest absolute Gasteiger partial charge is 0.152 e. The van der Waals surface area contributed by atoms with Crippen LogP contribution >= 0.6 is 11.3 Å². The van der Waals surface area contributed by atoms with Crippen molar-refractivity contribution in [3.63, 3.8) is 0 Å². The maximum atomic E-state index is 11.0. The maximum Gasteiger partial charge on any atom is 0.152 e. The van der Waals surface area contributed by atoms with Gasteiger partial charge in [0.15, 0.2) is 5.51 Å². The van der Waals surface area contributed by atoms with Gasteiger partial charge in [-0.3, -0.25) is 4.79 Å². The first-order valence-electron chi connectivity index (χ1n) is 3.86. The zero-order valence-electron chi connectivity index (χ0n) is 6.76. The average Bonchev–Trinajstić information content (AvgIpc) is 2.49. The maximum absolute atomic E-state index is 11.0. The van der Waals surface area contributed by atoms with Crippen LogP contribution < -0.4 is 5.32 Å². The number of hydrogen-bond donors (Lipinski definition) is 1. The molecule has 1 aromatic heterocycles. The first-order valence-corrected chi connectivity index (χ1v) is 4.67. The molecule has 1 aliphatic heterocycles. The summed E-state index contributed by atoms with van der Waals surface area (Å²) in [6.45, 7) is 2.37. The molecule has 1 N–H and O–H groups in total. The molecule has 1 radical (unpaired) electrons. The van der Waals surface area contributed by atoms with E-state index in [9.17, 15) is 4.79 Å². The van der Waals surface area contributed by atoms with E-state index in [1.54, 1.807) is 6.92 Å². The van der Waals surface area contributed by atoms with E-state index in [4.69, 9.17) is 0 Å². The van der Waals surface area contributed by atoms with Gasteiger partial charge in [-0.25, -0.2) is 4.98 Å². The lowest BCUT2D eigenvalue weighted by molar-refractivity contribution is -0.119. The number of ketones is 1. The molecule has 2 heterocycles. The summed E-state index contributed by atoms with van der Waals surface area (Å²) in [7, 11) is 0. The zero-order valence-corrected chi connectivity index (χ0v) is 7.57. The van der Waals surface area contributed by atoms with Crippen molar-refractivity contribution in [1.29, 1.82) is 0 Å². The van der Waals surface area contributed by atoms with Crippen LogP contribution in [0.2, 0.25) is 0 Å². The molecule has 1 atom stereocenters.